The summed E-state index contributed by atoms with van der Waals surface area (Å²) >= 11 is 0. The lowest BCUT2D eigenvalue weighted by atomic mass is 10.1. The fourth-order valence-electron chi connectivity index (χ4n) is 1.60. The Balaban J connectivity index is 2.37. The smallest absolute Gasteiger partial charge is 0.119 e. The summed E-state index contributed by atoms with van der Waals surface area (Å²) in [5, 5.41) is 22.4. The molecule has 2 unspecified atom stereocenters. The third kappa shape index (κ3) is 5.01. The van der Waals surface area contributed by atoms with Crippen molar-refractivity contribution < 1.29 is 19.7 Å². The topological polar surface area (TPSA) is 71.0 Å². The minimum atomic E-state index is -0.630. The molecule has 0 aromatic heterocycles. The van der Waals surface area contributed by atoms with Gasteiger partial charge in [0.1, 0.15) is 5.75 Å². The number of hydrogen-bond donors (Lipinski definition) is 3. The second-order valence-corrected chi connectivity index (χ2v) is 4.06. The highest BCUT2D eigenvalue weighted by atomic mass is 16.5. The highest BCUT2D eigenvalue weighted by Crippen LogP contribution is 2.18. The number of ether oxygens (including phenoxy) is 2. The fourth-order valence-corrected chi connectivity index (χ4v) is 1.60. The Morgan fingerprint density at radius 2 is 2.00 bits per heavy atom. The average Bonchev–Trinajstić information content (AvgIpc) is 2.39. The predicted octanol–water partition coefficient (Wildman–Crippen LogP) is 0.325. The summed E-state index contributed by atoms with van der Waals surface area (Å²) < 4.78 is 9.90. The van der Waals surface area contributed by atoms with E-state index in [1.807, 2.05) is 18.2 Å². The van der Waals surface area contributed by atoms with Crippen LogP contribution >= 0.6 is 0 Å². The Morgan fingerprint density at radius 1 is 1.22 bits per heavy atom. The largest absolute Gasteiger partial charge is 0.497 e. The van der Waals surface area contributed by atoms with Crippen molar-refractivity contribution in [2.45, 2.75) is 12.2 Å². The van der Waals surface area contributed by atoms with Gasteiger partial charge in [-0.05, 0) is 17.7 Å². The van der Waals surface area contributed by atoms with Gasteiger partial charge in [0.2, 0.25) is 0 Å². The first-order valence-corrected chi connectivity index (χ1v) is 5.87. The predicted molar refractivity (Wildman–Crippen MR) is 68.7 cm³/mol. The molecule has 18 heavy (non-hydrogen) atoms. The van der Waals surface area contributed by atoms with Crippen molar-refractivity contribution in [2.24, 2.45) is 0 Å². The maximum absolute atomic E-state index is 9.95. The Bertz CT molecular complexity index is 346. The molecular formula is C13H21NO4. The SMILES string of the molecule is COCC(O)CNCC(O)c1cccc(OC)c1. The average molecular weight is 255 g/mol. The number of aliphatic hydroxyl groups excluding tert-OH is 2. The molecule has 1 rings (SSSR count). The molecule has 0 radical (unpaired) electrons. The maximum atomic E-state index is 9.95. The van der Waals surface area contributed by atoms with Crippen LogP contribution in [0.25, 0.3) is 0 Å². The molecule has 5 heteroatoms. The van der Waals surface area contributed by atoms with Crippen LogP contribution < -0.4 is 10.1 Å². The van der Waals surface area contributed by atoms with Crippen LogP contribution in [0, 0.1) is 0 Å². The van der Waals surface area contributed by atoms with Crippen LogP contribution in [-0.4, -0.2) is 50.2 Å². The summed E-state index contributed by atoms with van der Waals surface area (Å²) in [4.78, 5) is 0. The minimum Gasteiger partial charge on any atom is -0.497 e. The van der Waals surface area contributed by atoms with Gasteiger partial charge in [-0.2, -0.15) is 0 Å². The molecule has 0 saturated carbocycles. The summed E-state index contributed by atoms with van der Waals surface area (Å²) in [7, 11) is 3.12. The first kappa shape index (κ1) is 14.9. The van der Waals surface area contributed by atoms with E-state index < -0.39 is 12.2 Å². The lowest BCUT2D eigenvalue weighted by Crippen LogP contribution is -2.32. The Kier molecular flexibility index (Phi) is 6.67. The standard InChI is InChI=1S/C13H21NO4/c1-17-9-11(15)7-14-8-13(16)10-4-3-5-12(6-10)18-2/h3-6,11,13-16H,7-9H2,1-2H3. The molecule has 1 aromatic rings. The van der Waals surface area contributed by atoms with E-state index in [0.29, 0.717) is 18.8 Å². The molecule has 0 aliphatic rings. The molecule has 0 amide bonds. The lowest BCUT2D eigenvalue weighted by Gasteiger charge is -2.15. The summed E-state index contributed by atoms with van der Waals surface area (Å²) in [6, 6.07) is 7.28. The van der Waals surface area contributed by atoms with Crippen LogP contribution in [0.1, 0.15) is 11.7 Å². The van der Waals surface area contributed by atoms with E-state index >= 15 is 0 Å². The molecule has 5 nitrogen and oxygen atoms in total. The molecule has 3 N–H and O–H groups in total. The minimum absolute atomic E-state index is 0.280. The van der Waals surface area contributed by atoms with Crippen LogP contribution in [0.15, 0.2) is 24.3 Å². The highest BCUT2D eigenvalue weighted by Gasteiger charge is 2.09. The zero-order valence-corrected chi connectivity index (χ0v) is 10.8. The van der Waals surface area contributed by atoms with Gasteiger partial charge in [0.25, 0.3) is 0 Å². The Morgan fingerprint density at radius 3 is 2.67 bits per heavy atom. The van der Waals surface area contributed by atoms with Crippen molar-refractivity contribution in [3.8, 4) is 5.75 Å². The van der Waals surface area contributed by atoms with Gasteiger partial charge in [0, 0.05) is 20.2 Å². The zero-order chi connectivity index (χ0) is 13.4. The van der Waals surface area contributed by atoms with Gasteiger partial charge in [-0.3, -0.25) is 0 Å². The third-order valence-corrected chi connectivity index (χ3v) is 2.56. The van der Waals surface area contributed by atoms with Gasteiger partial charge in [-0.25, -0.2) is 0 Å². The molecule has 2 atom stereocenters. The van der Waals surface area contributed by atoms with E-state index in [2.05, 4.69) is 5.32 Å². The molecule has 0 saturated heterocycles. The third-order valence-electron chi connectivity index (χ3n) is 2.56. The summed E-state index contributed by atoms with van der Waals surface area (Å²) in [5.41, 5.74) is 0.781. The summed E-state index contributed by atoms with van der Waals surface area (Å²) in [5.74, 6) is 0.714. The summed E-state index contributed by atoms with van der Waals surface area (Å²) in [6.45, 7) is 1.03. The maximum Gasteiger partial charge on any atom is 0.119 e. The number of methoxy groups -OCH3 is 2. The lowest BCUT2D eigenvalue weighted by molar-refractivity contribution is 0.0616. The molecule has 0 aliphatic carbocycles. The van der Waals surface area contributed by atoms with E-state index in [0.717, 1.165) is 5.56 Å². The van der Waals surface area contributed by atoms with Crippen molar-refractivity contribution in [3.05, 3.63) is 29.8 Å². The van der Waals surface area contributed by atoms with E-state index in [4.69, 9.17) is 9.47 Å². The Hall–Kier alpha value is -1.14. The molecular weight excluding hydrogens is 234 g/mol. The molecule has 0 heterocycles. The van der Waals surface area contributed by atoms with E-state index in [1.165, 1.54) is 7.11 Å². The Labute approximate surface area is 107 Å². The first-order valence-electron chi connectivity index (χ1n) is 5.87. The number of hydrogen-bond acceptors (Lipinski definition) is 5. The van der Waals surface area contributed by atoms with Gasteiger partial charge in [-0.15, -0.1) is 0 Å². The van der Waals surface area contributed by atoms with Crippen LogP contribution in [0.5, 0.6) is 5.75 Å². The van der Waals surface area contributed by atoms with Crippen molar-refractivity contribution in [2.75, 3.05) is 33.9 Å². The second kappa shape index (κ2) is 8.05. The first-order chi connectivity index (χ1) is 8.67. The number of aliphatic hydroxyl groups is 2. The quantitative estimate of drug-likeness (QED) is 0.624. The van der Waals surface area contributed by atoms with Gasteiger partial charge in [-0.1, -0.05) is 12.1 Å². The van der Waals surface area contributed by atoms with Crippen LogP contribution in [-0.2, 0) is 4.74 Å². The van der Waals surface area contributed by atoms with Gasteiger partial charge in [0.05, 0.1) is 25.9 Å². The van der Waals surface area contributed by atoms with E-state index in [-0.39, 0.29) is 6.61 Å². The van der Waals surface area contributed by atoms with E-state index in [9.17, 15) is 10.2 Å². The van der Waals surface area contributed by atoms with Crippen molar-refractivity contribution in [3.63, 3.8) is 0 Å². The molecule has 1 aromatic carbocycles. The summed E-state index contributed by atoms with van der Waals surface area (Å²) in [6.07, 6.45) is -1.19. The molecule has 0 bridgehead atoms. The van der Waals surface area contributed by atoms with Crippen LogP contribution in [0.2, 0.25) is 0 Å². The van der Waals surface area contributed by atoms with Crippen molar-refractivity contribution in [1.82, 2.24) is 5.32 Å². The molecule has 0 spiro atoms. The van der Waals surface area contributed by atoms with Crippen molar-refractivity contribution in [1.29, 1.82) is 0 Å². The molecule has 0 aliphatic heterocycles. The van der Waals surface area contributed by atoms with E-state index in [1.54, 1.807) is 13.2 Å². The van der Waals surface area contributed by atoms with Gasteiger partial charge < -0.3 is 25.0 Å². The van der Waals surface area contributed by atoms with Crippen molar-refractivity contribution >= 4 is 0 Å². The molecule has 0 fully saturated rings. The van der Waals surface area contributed by atoms with Gasteiger partial charge >= 0.3 is 0 Å². The van der Waals surface area contributed by atoms with Gasteiger partial charge in [0.15, 0.2) is 0 Å². The second-order valence-electron chi connectivity index (χ2n) is 4.06. The van der Waals surface area contributed by atoms with Crippen LogP contribution in [0.4, 0.5) is 0 Å². The fraction of sp³-hybridized carbons (Fsp3) is 0.538. The number of nitrogens with one attached hydrogen (secondary N) is 1. The molecule has 102 valence electrons. The normalized spacial score (nSPS) is 14.2. The van der Waals surface area contributed by atoms with Crippen LogP contribution in [0.3, 0.4) is 0 Å². The number of benzene rings is 1. The highest BCUT2D eigenvalue weighted by molar-refractivity contribution is 5.29. The monoisotopic (exact) mass is 255 g/mol. The zero-order valence-electron chi connectivity index (χ0n) is 10.8. The number of rotatable bonds is 8.